The second-order valence-corrected chi connectivity index (χ2v) is 7.11. The second kappa shape index (κ2) is 7.54. The molecule has 1 N–H and O–H groups in total. The minimum absolute atomic E-state index is 0.168. The summed E-state index contributed by atoms with van der Waals surface area (Å²) in [5.74, 6) is -0.996. The first-order valence-corrected chi connectivity index (χ1v) is 9.00. The third kappa shape index (κ3) is 3.74. The summed E-state index contributed by atoms with van der Waals surface area (Å²) in [7, 11) is 1.49. The maximum absolute atomic E-state index is 12.9. The van der Waals surface area contributed by atoms with Crippen LogP contribution in [0.1, 0.15) is 11.1 Å². The average molecular weight is 450 g/mol. The number of urea groups is 1. The summed E-state index contributed by atoms with van der Waals surface area (Å²) in [5, 5.41) is 2.54. The molecule has 8 heteroatoms. The van der Waals surface area contributed by atoms with E-state index in [1.807, 2.05) is 0 Å². The van der Waals surface area contributed by atoms with Gasteiger partial charge in [-0.2, -0.15) is 0 Å². The fourth-order valence-electron chi connectivity index (χ4n) is 2.69. The number of barbiturate groups is 1. The van der Waals surface area contributed by atoms with Crippen LogP contribution in [-0.4, -0.2) is 25.0 Å². The first kappa shape index (κ1) is 19.1. The molecule has 1 fully saturated rings. The Labute approximate surface area is 168 Å². The number of methoxy groups -OCH3 is 1. The number of rotatable bonds is 3. The SMILES string of the molecule is COc1ccc(/C=C2/C(=O)NC(=O)N(c3ccc(Br)cc3C)C2=O)cc1Cl. The van der Waals surface area contributed by atoms with E-state index in [1.54, 1.807) is 43.3 Å². The number of nitrogens with zero attached hydrogens (tertiary/aromatic N) is 1. The average Bonchev–Trinajstić information content (AvgIpc) is 2.60. The highest BCUT2D eigenvalue weighted by Gasteiger charge is 2.37. The summed E-state index contributed by atoms with van der Waals surface area (Å²) < 4.78 is 5.90. The van der Waals surface area contributed by atoms with Gasteiger partial charge >= 0.3 is 6.03 Å². The molecular formula is C19H14BrClN2O4. The van der Waals surface area contributed by atoms with Gasteiger partial charge in [-0.05, 0) is 54.5 Å². The molecule has 0 unspecified atom stereocenters. The minimum Gasteiger partial charge on any atom is -0.495 e. The highest BCUT2D eigenvalue weighted by Crippen LogP contribution is 2.29. The lowest BCUT2D eigenvalue weighted by Crippen LogP contribution is -2.54. The molecule has 2 aromatic rings. The maximum atomic E-state index is 12.9. The molecule has 6 nitrogen and oxygen atoms in total. The van der Waals surface area contributed by atoms with Crippen molar-refractivity contribution in [2.24, 2.45) is 0 Å². The summed E-state index contributed by atoms with van der Waals surface area (Å²) in [6.07, 6.45) is 1.39. The van der Waals surface area contributed by atoms with Gasteiger partial charge in [-0.3, -0.25) is 14.9 Å². The lowest BCUT2D eigenvalue weighted by molar-refractivity contribution is -0.122. The fourth-order valence-corrected chi connectivity index (χ4v) is 3.43. The van der Waals surface area contributed by atoms with Crippen molar-refractivity contribution in [1.29, 1.82) is 0 Å². The van der Waals surface area contributed by atoms with Gasteiger partial charge in [0.15, 0.2) is 0 Å². The minimum atomic E-state index is -0.791. The maximum Gasteiger partial charge on any atom is 0.335 e. The van der Waals surface area contributed by atoms with Crippen LogP contribution in [0.3, 0.4) is 0 Å². The Morgan fingerprint density at radius 1 is 1.15 bits per heavy atom. The zero-order valence-corrected chi connectivity index (χ0v) is 16.7. The number of carbonyl (C=O) groups is 3. The predicted octanol–water partition coefficient (Wildman–Crippen LogP) is 4.09. The van der Waals surface area contributed by atoms with Gasteiger partial charge < -0.3 is 4.74 Å². The van der Waals surface area contributed by atoms with Gasteiger partial charge in [0, 0.05) is 4.47 Å². The molecule has 0 aliphatic carbocycles. The Balaban J connectivity index is 2.03. The van der Waals surface area contributed by atoms with Crippen molar-refractivity contribution in [2.75, 3.05) is 12.0 Å². The first-order chi connectivity index (χ1) is 12.8. The number of aryl methyl sites for hydroxylation is 1. The smallest absolute Gasteiger partial charge is 0.335 e. The Kier molecular flexibility index (Phi) is 5.34. The van der Waals surface area contributed by atoms with Crippen LogP contribution in [0.5, 0.6) is 5.75 Å². The lowest BCUT2D eigenvalue weighted by Gasteiger charge is -2.27. The molecule has 1 heterocycles. The Morgan fingerprint density at radius 2 is 1.89 bits per heavy atom. The number of nitrogens with one attached hydrogen (secondary N) is 1. The number of hydrogen-bond acceptors (Lipinski definition) is 4. The fraction of sp³-hybridized carbons (Fsp3) is 0.105. The molecule has 0 saturated carbocycles. The highest BCUT2D eigenvalue weighted by molar-refractivity contribution is 9.10. The summed E-state index contributed by atoms with van der Waals surface area (Å²) in [6.45, 7) is 1.77. The van der Waals surface area contributed by atoms with E-state index in [-0.39, 0.29) is 5.57 Å². The number of carbonyl (C=O) groups excluding carboxylic acids is 3. The van der Waals surface area contributed by atoms with Gasteiger partial charge in [-0.25, -0.2) is 9.69 Å². The zero-order valence-electron chi connectivity index (χ0n) is 14.4. The highest BCUT2D eigenvalue weighted by atomic mass is 79.9. The standard InChI is InChI=1S/C19H14BrClN2O4/c1-10-7-12(20)4-5-15(10)23-18(25)13(17(24)22-19(23)26)8-11-3-6-16(27-2)14(21)9-11/h3-9H,1-2H3,(H,22,24,26)/b13-8-. The molecule has 2 aromatic carbocycles. The van der Waals surface area contributed by atoms with Gasteiger partial charge in [0.05, 0.1) is 17.8 Å². The summed E-state index contributed by atoms with van der Waals surface area (Å²) in [6, 6.07) is 9.19. The van der Waals surface area contributed by atoms with Crippen LogP contribution in [0.4, 0.5) is 10.5 Å². The van der Waals surface area contributed by atoms with Gasteiger partial charge in [0.1, 0.15) is 11.3 Å². The Morgan fingerprint density at radius 3 is 2.52 bits per heavy atom. The number of halogens is 2. The number of anilines is 1. The van der Waals surface area contributed by atoms with E-state index in [0.717, 1.165) is 9.37 Å². The number of ether oxygens (including phenoxy) is 1. The van der Waals surface area contributed by atoms with Crippen LogP contribution in [0.25, 0.3) is 6.08 Å². The van der Waals surface area contributed by atoms with Crippen molar-refractivity contribution in [2.45, 2.75) is 6.92 Å². The molecular weight excluding hydrogens is 436 g/mol. The van der Waals surface area contributed by atoms with E-state index in [9.17, 15) is 14.4 Å². The van der Waals surface area contributed by atoms with E-state index in [4.69, 9.17) is 16.3 Å². The van der Waals surface area contributed by atoms with Crippen molar-refractivity contribution in [1.82, 2.24) is 5.32 Å². The molecule has 1 aliphatic heterocycles. The van der Waals surface area contributed by atoms with E-state index in [2.05, 4.69) is 21.2 Å². The third-order valence-corrected chi connectivity index (χ3v) is 4.78. The quantitative estimate of drug-likeness (QED) is 0.566. The van der Waals surface area contributed by atoms with Crippen LogP contribution >= 0.6 is 27.5 Å². The number of hydrogen-bond donors (Lipinski definition) is 1. The molecule has 0 spiro atoms. The van der Waals surface area contributed by atoms with E-state index in [0.29, 0.717) is 27.6 Å². The third-order valence-electron chi connectivity index (χ3n) is 3.99. The molecule has 0 aromatic heterocycles. The van der Waals surface area contributed by atoms with E-state index < -0.39 is 17.8 Å². The molecule has 27 heavy (non-hydrogen) atoms. The number of imide groups is 2. The van der Waals surface area contributed by atoms with Crippen molar-refractivity contribution in [3.63, 3.8) is 0 Å². The summed E-state index contributed by atoms with van der Waals surface area (Å²) in [4.78, 5) is 38.4. The Bertz CT molecular complexity index is 1000. The lowest BCUT2D eigenvalue weighted by atomic mass is 10.1. The van der Waals surface area contributed by atoms with Crippen LogP contribution in [-0.2, 0) is 9.59 Å². The second-order valence-electron chi connectivity index (χ2n) is 5.78. The van der Waals surface area contributed by atoms with Crippen LogP contribution < -0.4 is 15.0 Å². The molecule has 0 radical (unpaired) electrons. The van der Waals surface area contributed by atoms with Crippen LogP contribution in [0, 0.1) is 6.92 Å². The van der Waals surface area contributed by atoms with Crippen molar-refractivity contribution in [3.8, 4) is 5.75 Å². The summed E-state index contributed by atoms with van der Waals surface area (Å²) >= 11 is 9.44. The number of amides is 4. The van der Waals surface area contributed by atoms with Crippen molar-refractivity contribution in [3.05, 3.63) is 62.6 Å². The molecule has 138 valence electrons. The monoisotopic (exact) mass is 448 g/mol. The Hall–Kier alpha value is -2.64. The molecule has 3 rings (SSSR count). The molecule has 0 bridgehead atoms. The molecule has 1 saturated heterocycles. The topological polar surface area (TPSA) is 75.7 Å². The first-order valence-electron chi connectivity index (χ1n) is 7.83. The largest absolute Gasteiger partial charge is 0.495 e. The molecule has 4 amide bonds. The van der Waals surface area contributed by atoms with E-state index in [1.165, 1.54) is 13.2 Å². The van der Waals surface area contributed by atoms with Crippen LogP contribution in [0.2, 0.25) is 5.02 Å². The zero-order chi connectivity index (χ0) is 19.7. The van der Waals surface area contributed by atoms with E-state index >= 15 is 0 Å². The molecule has 1 aliphatic rings. The normalized spacial score (nSPS) is 15.9. The van der Waals surface area contributed by atoms with Crippen molar-refractivity contribution >= 4 is 57.1 Å². The van der Waals surface area contributed by atoms with Gasteiger partial charge in [0.2, 0.25) is 0 Å². The van der Waals surface area contributed by atoms with Gasteiger partial charge in [-0.15, -0.1) is 0 Å². The van der Waals surface area contributed by atoms with Gasteiger partial charge in [0.25, 0.3) is 11.8 Å². The molecule has 0 atom stereocenters. The van der Waals surface area contributed by atoms with Crippen molar-refractivity contribution < 1.29 is 19.1 Å². The number of benzene rings is 2. The summed E-state index contributed by atoms with van der Waals surface area (Å²) in [5.41, 5.74) is 1.46. The van der Waals surface area contributed by atoms with Gasteiger partial charge in [-0.1, -0.05) is 33.6 Å². The van der Waals surface area contributed by atoms with Crippen LogP contribution in [0.15, 0.2) is 46.4 Å². The predicted molar refractivity (Wildman–Crippen MR) is 106 cm³/mol.